The minimum absolute atomic E-state index is 0.154. The van der Waals surface area contributed by atoms with Crippen LogP contribution in [-0.4, -0.2) is 35.1 Å². The molecule has 3 rings (SSSR count). The first kappa shape index (κ1) is 15.6. The number of rotatable bonds is 4. The van der Waals surface area contributed by atoms with Crippen LogP contribution in [0.3, 0.4) is 0 Å². The van der Waals surface area contributed by atoms with E-state index in [0.717, 1.165) is 12.8 Å². The molecule has 23 heavy (non-hydrogen) atoms. The van der Waals surface area contributed by atoms with Crippen LogP contribution in [0.5, 0.6) is 5.75 Å². The lowest BCUT2D eigenvalue weighted by Gasteiger charge is -2.29. The summed E-state index contributed by atoms with van der Waals surface area (Å²) in [5.41, 5.74) is 0. The predicted molar refractivity (Wildman–Crippen MR) is 80.6 cm³/mol. The van der Waals surface area contributed by atoms with Gasteiger partial charge in [-0.2, -0.15) is 0 Å². The summed E-state index contributed by atoms with van der Waals surface area (Å²) in [4.78, 5) is 13.9. The Balaban J connectivity index is 1.59. The highest BCUT2D eigenvalue weighted by Gasteiger charge is 2.25. The van der Waals surface area contributed by atoms with Crippen molar-refractivity contribution in [2.45, 2.75) is 25.6 Å². The number of ether oxygens (including phenoxy) is 1. The Labute approximate surface area is 133 Å². The fraction of sp³-hybridized carbons (Fsp3) is 0.353. The summed E-state index contributed by atoms with van der Waals surface area (Å²) < 4.78 is 23.8. The number of benzene rings is 1. The maximum atomic E-state index is 12.8. The van der Waals surface area contributed by atoms with Crippen LogP contribution in [0.2, 0.25) is 0 Å². The summed E-state index contributed by atoms with van der Waals surface area (Å²) in [6.45, 7) is 1.11. The maximum Gasteiger partial charge on any atom is 0.289 e. The molecule has 0 saturated carbocycles. The molecule has 1 aromatic carbocycles. The summed E-state index contributed by atoms with van der Waals surface area (Å²) in [6.07, 6.45) is 1.04. The summed E-state index contributed by atoms with van der Waals surface area (Å²) in [6, 6.07) is 8.96. The summed E-state index contributed by atoms with van der Waals surface area (Å²) in [7, 11) is 0. The number of aliphatic hydroxyl groups excluding tert-OH is 1. The molecule has 0 bridgehead atoms. The molecule has 2 aromatic rings. The molecule has 6 heteroatoms. The normalized spacial score (nSPS) is 18.0. The first-order chi connectivity index (χ1) is 11.1. The second-order valence-electron chi connectivity index (χ2n) is 5.56. The zero-order valence-electron chi connectivity index (χ0n) is 12.6. The summed E-state index contributed by atoms with van der Waals surface area (Å²) in [5, 5.41) is 9.64. The molecular formula is C17H18FNO4. The van der Waals surface area contributed by atoms with Crippen molar-refractivity contribution in [3.63, 3.8) is 0 Å². The molecule has 2 heterocycles. The molecule has 1 fully saturated rings. The number of nitrogens with zero attached hydrogens (tertiary/aromatic N) is 1. The molecule has 5 nitrogen and oxygen atoms in total. The van der Waals surface area contributed by atoms with E-state index in [0.29, 0.717) is 24.6 Å². The zero-order valence-corrected chi connectivity index (χ0v) is 12.6. The lowest BCUT2D eigenvalue weighted by molar-refractivity contribution is 0.0445. The van der Waals surface area contributed by atoms with Crippen molar-refractivity contribution in [1.82, 2.24) is 4.90 Å². The third-order valence-electron chi connectivity index (χ3n) is 3.75. The predicted octanol–water partition coefficient (Wildman–Crippen LogP) is 2.59. The number of amides is 1. The lowest BCUT2D eigenvalue weighted by Crippen LogP contribution is -2.42. The van der Waals surface area contributed by atoms with Crippen molar-refractivity contribution in [2.75, 3.05) is 13.1 Å². The number of piperidine rings is 1. The molecule has 1 saturated heterocycles. The van der Waals surface area contributed by atoms with E-state index in [1.807, 2.05) is 0 Å². The summed E-state index contributed by atoms with van der Waals surface area (Å²) in [5.74, 6) is 0.714. The molecule has 1 aromatic heterocycles. The van der Waals surface area contributed by atoms with Crippen molar-refractivity contribution in [2.24, 2.45) is 0 Å². The van der Waals surface area contributed by atoms with Gasteiger partial charge >= 0.3 is 0 Å². The average molecular weight is 319 g/mol. The number of likely N-dealkylation sites (tertiary alicyclic amines) is 1. The summed E-state index contributed by atoms with van der Waals surface area (Å²) >= 11 is 0. The van der Waals surface area contributed by atoms with Crippen LogP contribution in [0, 0.1) is 5.82 Å². The van der Waals surface area contributed by atoms with Crippen LogP contribution >= 0.6 is 0 Å². The quantitative estimate of drug-likeness (QED) is 0.941. The molecule has 1 aliphatic heterocycles. The van der Waals surface area contributed by atoms with Crippen molar-refractivity contribution in [3.05, 3.63) is 53.7 Å². The van der Waals surface area contributed by atoms with Crippen LogP contribution in [0.1, 0.15) is 29.2 Å². The van der Waals surface area contributed by atoms with Gasteiger partial charge in [0.15, 0.2) is 5.76 Å². The number of aliphatic hydroxyl groups is 1. The van der Waals surface area contributed by atoms with Gasteiger partial charge in [0.1, 0.15) is 23.9 Å². The van der Waals surface area contributed by atoms with E-state index in [1.165, 1.54) is 24.3 Å². The Morgan fingerprint density at radius 1 is 1.30 bits per heavy atom. The minimum atomic E-state index is -0.469. The monoisotopic (exact) mass is 319 g/mol. The van der Waals surface area contributed by atoms with Crippen molar-refractivity contribution in [3.8, 4) is 5.75 Å². The van der Waals surface area contributed by atoms with E-state index in [9.17, 15) is 14.3 Å². The van der Waals surface area contributed by atoms with Gasteiger partial charge in [-0.1, -0.05) is 0 Å². The van der Waals surface area contributed by atoms with Gasteiger partial charge in [0.25, 0.3) is 5.91 Å². The number of β-amino-alcohol motifs (C(OH)–C–C–N with tert-alkyl or cyclic N) is 1. The minimum Gasteiger partial charge on any atom is -0.486 e. The smallest absolute Gasteiger partial charge is 0.289 e. The second-order valence-corrected chi connectivity index (χ2v) is 5.56. The molecule has 0 spiro atoms. The first-order valence-electron chi connectivity index (χ1n) is 7.56. The van der Waals surface area contributed by atoms with E-state index in [-0.39, 0.29) is 24.1 Å². The number of carbonyl (C=O) groups is 1. The molecule has 1 N–H and O–H groups in total. The number of furan rings is 1. The van der Waals surface area contributed by atoms with Crippen LogP contribution in [-0.2, 0) is 6.61 Å². The zero-order chi connectivity index (χ0) is 16.2. The molecule has 122 valence electrons. The highest BCUT2D eigenvalue weighted by molar-refractivity contribution is 5.91. The van der Waals surface area contributed by atoms with Crippen LogP contribution in [0.25, 0.3) is 0 Å². The van der Waals surface area contributed by atoms with Gasteiger partial charge in [-0.05, 0) is 49.2 Å². The van der Waals surface area contributed by atoms with Crippen LogP contribution < -0.4 is 4.74 Å². The standard InChI is InChI=1S/C17H18FNO4/c18-12-3-5-14(6-4-12)22-11-15-7-8-16(23-15)17(21)19-9-1-2-13(20)10-19/h3-8,13,20H,1-2,9-11H2. The first-order valence-corrected chi connectivity index (χ1v) is 7.56. The van der Waals surface area contributed by atoms with E-state index >= 15 is 0 Å². The Morgan fingerprint density at radius 3 is 2.83 bits per heavy atom. The van der Waals surface area contributed by atoms with Gasteiger partial charge in [0, 0.05) is 13.1 Å². The fourth-order valence-electron chi connectivity index (χ4n) is 2.55. The van der Waals surface area contributed by atoms with E-state index in [1.54, 1.807) is 17.0 Å². The Bertz CT molecular complexity index is 667. The maximum absolute atomic E-state index is 12.8. The fourth-order valence-corrected chi connectivity index (χ4v) is 2.55. The van der Waals surface area contributed by atoms with E-state index < -0.39 is 6.10 Å². The van der Waals surface area contributed by atoms with Crippen molar-refractivity contribution >= 4 is 5.91 Å². The molecule has 1 unspecified atom stereocenters. The van der Waals surface area contributed by atoms with Crippen molar-refractivity contribution in [1.29, 1.82) is 0 Å². The van der Waals surface area contributed by atoms with E-state index in [4.69, 9.17) is 9.15 Å². The van der Waals surface area contributed by atoms with Gasteiger partial charge in [0.2, 0.25) is 0 Å². The molecule has 0 aliphatic carbocycles. The molecule has 0 radical (unpaired) electrons. The lowest BCUT2D eigenvalue weighted by atomic mass is 10.1. The van der Waals surface area contributed by atoms with E-state index in [2.05, 4.69) is 0 Å². The number of carbonyl (C=O) groups excluding carboxylic acids is 1. The van der Waals surface area contributed by atoms with Crippen LogP contribution in [0.4, 0.5) is 4.39 Å². The van der Waals surface area contributed by atoms with Crippen LogP contribution in [0.15, 0.2) is 40.8 Å². The van der Waals surface area contributed by atoms with Gasteiger partial charge in [-0.15, -0.1) is 0 Å². The molecule has 1 amide bonds. The number of hydrogen-bond acceptors (Lipinski definition) is 4. The number of halogens is 1. The Morgan fingerprint density at radius 2 is 2.09 bits per heavy atom. The Hall–Kier alpha value is -2.34. The average Bonchev–Trinajstić information content (AvgIpc) is 3.02. The largest absolute Gasteiger partial charge is 0.486 e. The molecule has 1 atom stereocenters. The highest BCUT2D eigenvalue weighted by atomic mass is 19.1. The van der Waals surface area contributed by atoms with Crippen molar-refractivity contribution < 1.29 is 23.4 Å². The molecular weight excluding hydrogens is 301 g/mol. The Kier molecular flexibility index (Phi) is 4.62. The second kappa shape index (κ2) is 6.83. The third kappa shape index (κ3) is 3.90. The SMILES string of the molecule is O=C(c1ccc(COc2ccc(F)cc2)o1)N1CCCC(O)C1. The van der Waals surface area contributed by atoms with Gasteiger partial charge in [-0.25, -0.2) is 4.39 Å². The number of hydrogen-bond donors (Lipinski definition) is 1. The third-order valence-corrected chi connectivity index (χ3v) is 3.75. The van der Waals surface area contributed by atoms with Gasteiger partial charge in [0.05, 0.1) is 6.10 Å². The topological polar surface area (TPSA) is 62.9 Å². The highest BCUT2D eigenvalue weighted by Crippen LogP contribution is 2.18. The van der Waals surface area contributed by atoms with Gasteiger partial charge in [-0.3, -0.25) is 4.79 Å². The molecule has 1 aliphatic rings. The van der Waals surface area contributed by atoms with Gasteiger partial charge < -0.3 is 19.2 Å².